The van der Waals surface area contributed by atoms with Crippen LogP contribution in [0.5, 0.6) is 5.75 Å². The molecule has 0 aliphatic carbocycles. The van der Waals surface area contributed by atoms with Crippen LogP contribution in [0.1, 0.15) is 0 Å². The van der Waals surface area contributed by atoms with Crippen molar-refractivity contribution < 1.29 is 18.3 Å². The number of methoxy groups -OCH3 is 1. The monoisotopic (exact) mass is 189 g/mol. The van der Waals surface area contributed by atoms with Crippen molar-refractivity contribution in [2.45, 2.75) is 0 Å². The Morgan fingerprint density at radius 2 is 2.00 bits per heavy atom. The molecule has 0 bridgehead atoms. The van der Waals surface area contributed by atoms with Gasteiger partial charge in [-0.1, -0.05) is 0 Å². The summed E-state index contributed by atoms with van der Waals surface area (Å²) in [4.78, 5) is 0. The predicted molar refractivity (Wildman–Crippen MR) is 43.3 cm³/mol. The van der Waals surface area contributed by atoms with E-state index in [0.717, 1.165) is 12.1 Å². The minimum atomic E-state index is -0.715. The minimum Gasteiger partial charge on any atom is -0.464 e. The minimum absolute atomic E-state index is 0.139. The van der Waals surface area contributed by atoms with Crippen LogP contribution in [0.3, 0.4) is 0 Å². The Labute approximate surface area is 74.1 Å². The number of hydrogen-bond donors (Lipinski definition) is 1. The van der Waals surface area contributed by atoms with Crippen molar-refractivity contribution >= 4 is 5.69 Å². The average Bonchev–Trinajstić information content (AvgIpc) is 2.09. The van der Waals surface area contributed by atoms with E-state index in [1.165, 1.54) is 7.11 Å². The fourth-order valence-corrected chi connectivity index (χ4v) is 0.777. The first-order valence-corrected chi connectivity index (χ1v) is 3.51. The van der Waals surface area contributed by atoms with Crippen molar-refractivity contribution in [2.24, 2.45) is 0 Å². The number of nitrogen functional groups attached to an aromatic ring is 1. The lowest BCUT2D eigenvalue weighted by atomic mass is 10.3. The highest BCUT2D eigenvalue weighted by Gasteiger charge is 2.08. The number of anilines is 1. The van der Waals surface area contributed by atoms with E-state index in [1.54, 1.807) is 0 Å². The van der Waals surface area contributed by atoms with Gasteiger partial charge >= 0.3 is 0 Å². The second kappa shape index (κ2) is 4.04. The molecule has 0 aliphatic rings. The van der Waals surface area contributed by atoms with Gasteiger partial charge in [0.25, 0.3) is 0 Å². The highest BCUT2D eigenvalue weighted by molar-refractivity contribution is 5.44. The van der Waals surface area contributed by atoms with Gasteiger partial charge < -0.3 is 15.2 Å². The third-order valence-electron chi connectivity index (χ3n) is 1.38. The Kier molecular flexibility index (Phi) is 3.02. The zero-order valence-corrected chi connectivity index (χ0v) is 7.01. The molecule has 0 saturated heterocycles. The van der Waals surface area contributed by atoms with E-state index >= 15 is 0 Å². The molecule has 0 saturated carbocycles. The first-order valence-electron chi connectivity index (χ1n) is 3.51. The van der Waals surface area contributed by atoms with Crippen LogP contribution in [-0.4, -0.2) is 13.9 Å². The Bertz CT molecular complexity index is 304. The molecule has 0 aliphatic heterocycles. The zero-order chi connectivity index (χ0) is 9.84. The molecular weight excluding hydrogens is 180 g/mol. The summed E-state index contributed by atoms with van der Waals surface area (Å²) in [5.41, 5.74) is 4.87. The van der Waals surface area contributed by atoms with Gasteiger partial charge in [-0.2, -0.15) is 0 Å². The van der Waals surface area contributed by atoms with Gasteiger partial charge in [0.05, 0.1) is 5.69 Å². The second-order valence-electron chi connectivity index (χ2n) is 2.36. The number of rotatable bonds is 3. The van der Waals surface area contributed by atoms with Crippen LogP contribution < -0.4 is 10.5 Å². The van der Waals surface area contributed by atoms with Gasteiger partial charge in [-0.3, -0.25) is 0 Å². The van der Waals surface area contributed by atoms with Gasteiger partial charge in [-0.25, -0.2) is 8.78 Å². The van der Waals surface area contributed by atoms with E-state index in [4.69, 9.17) is 10.5 Å². The van der Waals surface area contributed by atoms with Crippen molar-refractivity contribution in [3.05, 3.63) is 23.8 Å². The summed E-state index contributed by atoms with van der Waals surface area (Å²) in [6.45, 7) is -0.139. The topological polar surface area (TPSA) is 44.5 Å². The number of hydrogen-bond acceptors (Lipinski definition) is 3. The molecule has 0 atom stereocenters. The molecule has 13 heavy (non-hydrogen) atoms. The third kappa shape index (κ3) is 2.29. The SMILES string of the molecule is COCOc1cc(F)c(N)cc1F. The second-order valence-corrected chi connectivity index (χ2v) is 2.36. The summed E-state index contributed by atoms with van der Waals surface area (Å²) < 4.78 is 35.0. The zero-order valence-electron chi connectivity index (χ0n) is 7.01. The molecule has 2 N–H and O–H groups in total. The highest BCUT2D eigenvalue weighted by atomic mass is 19.1. The molecule has 0 heterocycles. The Hall–Kier alpha value is -1.36. The number of nitrogens with two attached hydrogens (primary N) is 1. The van der Waals surface area contributed by atoms with Crippen molar-refractivity contribution in [1.29, 1.82) is 0 Å². The summed E-state index contributed by atoms with van der Waals surface area (Å²) in [7, 11) is 1.38. The van der Waals surface area contributed by atoms with Gasteiger partial charge in [-0.15, -0.1) is 0 Å². The van der Waals surface area contributed by atoms with Crippen molar-refractivity contribution in [1.82, 2.24) is 0 Å². The lowest BCUT2D eigenvalue weighted by Crippen LogP contribution is -2.02. The molecular formula is C8H9F2NO2. The largest absolute Gasteiger partial charge is 0.464 e. The van der Waals surface area contributed by atoms with Crippen LogP contribution in [0.25, 0.3) is 0 Å². The van der Waals surface area contributed by atoms with E-state index in [-0.39, 0.29) is 18.2 Å². The molecule has 5 heteroatoms. The van der Waals surface area contributed by atoms with Gasteiger partial charge in [0.2, 0.25) is 0 Å². The smallest absolute Gasteiger partial charge is 0.188 e. The van der Waals surface area contributed by atoms with Crippen LogP contribution in [0, 0.1) is 11.6 Å². The normalized spacial score (nSPS) is 10.1. The molecule has 0 spiro atoms. The fraction of sp³-hybridized carbons (Fsp3) is 0.250. The average molecular weight is 189 g/mol. The Morgan fingerprint density at radius 1 is 1.31 bits per heavy atom. The Balaban J connectivity index is 2.88. The maximum absolute atomic E-state index is 12.9. The lowest BCUT2D eigenvalue weighted by molar-refractivity contribution is 0.0481. The highest BCUT2D eigenvalue weighted by Crippen LogP contribution is 2.22. The predicted octanol–water partition coefficient (Wildman–Crippen LogP) is 1.53. The summed E-state index contributed by atoms with van der Waals surface area (Å²) >= 11 is 0. The first-order chi connectivity index (χ1) is 6.15. The molecule has 3 nitrogen and oxygen atoms in total. The van der Waals surface area contributed by atoms with Gasteiger partial charge in [0.15, 0.2) is 18.4 Å². The van der Waals surface area contributed by atoms with Crippen molar-refractivity contribution in [3.63, 3.8) is 0 Å². The van der Waals surface area contributed by atoms with E-state index in [2.05, 4.69) is 4.74 Å². The summed E-state index contributed by atoms with van der Waals surface area (Å²) in [6, 6.07) is 1.74. The standard InChI is InChI=1S/C8H9F2NO2/c1-12-4-13-8-3-5(9)7(11)2-6(8)10/h2-3H,4,11H2,1H3. The van der Waals surface area contributed by atoms with Crippen molar-refractivity contribution in [3.8, 4) is 5.75 Å². The van der Waals surface area contributed by atoms with Crippen LogP contribution in [0.2, 0.25) is 0 Å². The molecule has 1 rings (SSSR count). The lowest BCUT2D eigenvalue weighted by Gasteiger charge is -2.06. The van der Waals surface area contributed by atoms with Crippen molar-refractivity contribution in [2.75, 3.05) is 19.6 Å². The molecule has 0 amide bonds. The first kappa shape index (κ1) is 9.73. The molecule has 0 radical (unpaired) electrons. The van der Waals surface area contributed by atoms with Gasteiger partial charge in [0, 0.05) is 19.2 Å². The quantitative estimate of drug-likeness (QED) is 0.579. The molecule has 0 unspecified atom stereocenters. The maximum atomic E-state index is 12.9. The number of benzene rings is 1. The summed E-state index contributed by atoms with van der Waals surface area (Å²) in [6.07, 6.45) is 0. The van der Waals surface area contributed by atoms with E-state index in [1.807, 2.05) is 0 Å². The van der Waals surface area contributed by atoms with E-state index in [9.17, 15) is 8.78 Å². The van der Waals surface area contributed by atoms with Crippen LogP contribution in [0.4, 0.5) is 14.5 Å². The van der Waals surface area contributed by atoms with Crippen LogP contribution in [-0.2, 0) is 4.74 Å². The molecule has 0 aromatic heterocycles. The number of ether oxygens (including phenoxy) is 2. The fourth-order valence-electron chi connectivity index (χ4n) is 0.777. The molecule has 1 aromatic carbocycles. The van der Waals surface area contributed by atoms with Crippen LogP contribution >= 0.6 is 0 Å². The molecule has 72 valence electrons. The van der Waals surface area contributed by atoms with Crippen LogP contribution in [0.15, 0.2) is 12.1 Å². The maximum Gasteiger partial charge on any atom is 0.188 e. The van der Waals surface area contributed by atoms with Gasteiger partial charge in [0.1, 0.15) is 5.82 Å². The summed E-state index contributed by atoms with van der Waals surface area (Å²) in [5.74, 6) is -1.64. The summed E-state index contributed by atoms with van der Waals surface area (Å²) in [5, 5.41) is 0. The molecule has 1 aromatic rings. The number of halogens is 2. The van der Waals surface area contributed by atoms with E-state index in [0.29, 0.717) is 0 Å². The van der Waals surface area contributed by atoms with Gasteiger partial charge in [-0.05, 0) is 0 Å². The molecule has 0 fully saturated rings. The third-order valence-corrected chi connectivity index (χ3v) is 1.38. The van der Waals surface area contributed by atoms with E-state index < -0.39 is 11.6 Å². The Morgan fingerprint density at radius 3 is 2.62 bits per heavy atom.